The van der Waals surface area contributed by atoms with Crippen molar-refractivity contribution in [1.29, 1.82) is 0 Å². The molecular weight excluding hydrogens is 468 g/mol. The van der Waals surface area contributed by atoms with Crippen molar-refractivity contribution in [3.8, 4) is 0 Å². The highest BCUT2D eigenvalue weighted by Gasteiger charge is 2.30. The lowest BCUT2D eigenvalue weighted by Crippen LogP contribution is -2.37. The second kappa shape index (κ2) is 9.43. The van der Waals surface area contributed by atoms with Gasteiger partial charge in [-0.25, -0.2) is 27.9 Å². The highest BCUT2D eigenvalue weighted by molar-refractivity contribution is 7.92. The summed E-state index contributed by atoms with van der Waals surface area (Å²) in [5.74, 6) is -0.439. The Kier molecular flexibility index (Phi) is 6.43. The number of benzene rings is 2. The molecule has 1 saturated heterocycles. The molecule has 2 aromatic carbocycles. The van der Waals surface area contributed by atoms with Crippen molar-refractivity contribution in [2.45, 2.75) is 4.90 Å². The van der Waals surface area contributed by atoms with Gasteiger partial charge in [0.1, 0.15) is 6.54 Å². The van der Waals surface area contributed by atoms with Crippen molar-refractivity contribution in [3.05, 3.63) is 72.0 Å². The molecular formula is C21H19ClN6O4S. The quantitative estimate of drug-likeness (QED) is 0.529. The van der Waals surface area contributed by atoms with E-state index in [1.54, 1.807) is 35.2 Å². The maximum Gasteiger partial charge on any atom is 0.325 e. The van der Waals surface area contributed by atoms with Gasteiger partial charge in [-0.05, 0) is 54.6 Å². The Morgan fingerprint density at radius 3 is 2.33 bits per heavy atom. The highest BCUT2D eigenvalue weighted by atomic mass is 35.5. The summed E-state index contributed by atoms with van der Waals surface area (Å²) in [6.07, 6.45) is 2.84. The molecule has 0 unspecified atom stereocenters. The fraction of sp³-hybridized carbons (Fsp3) is 0.143. The largest absolute Gasteiger partial charge is 0.325 e. The van der Waals surface area contributed by atoms with Gasteiger partial charge in [-0.3, -0.25) is 9.69 Å². The van der Waals surface area contributed by atoms with Gasteiger partial charge in [0, 0.05) is 41.9 Å². The third-order valence-electron chi connectivity index (χ3n) is 4.81. The molecule has 0 spiro atoms. The number of rotatable bonds is 7. The average Bonchev–Trinajstić information content (AvgIpc) is 3.15. The lowest BCUT2D eigenvalue weighted by atomic mass is 10.3. The first-order chi connectivity index (χ1) is 15.8. The SMILES string of the molecule is O=C(CN1CCN(c2ccc(Cl)cc2)C1=O)Nc1ccc(S(=O)(=O)Nc2ncccn2)cc1. The average molecular weight is 487 g/mol. The zero-order valence-corrected chi connectivity index (χ0v) is 18.8. The van der Waals surface area contributed by atoms with Crippen molar-refractivity contribution in [2.75, 3.05) is 34.6 Å². The normalized spacial score (nSPS) is 13.8. The summed E-state index contributed by atoms with van der Waals surface area (Å²) in [5.41, 5.74) is 1.11. The molecule has 0 saturated carbocycles. The van der Waals surface area contributed by atoms with Gasteiger partial charge < -0.3 is 10.2 Å². The molecule has 1 fully saturated rings. The predicted molar refractivity (Wildman–Crippen MR) is 124 cm³/mol. The molecule has 3 aromatic rings. The van der Waals surface area contributed by atoms with Crippen LogP contribution in [0.2, 0.25) is 5.02 Å². The van der Waals surface area contributed by atoms with Crippen molar-refractivity contribution < 1.29 is 18.0 Å². The van der Waals surface area contributed by atoms with E-state index in [1.807, 2.05) is 0 Å². The Hall–Kier alpha value is -3.70. The second-order valence-electron chi connectivity index (χ2n) is 7.08. The lowest BCUT2D eigenvalue weighted by Gasteiger charge is -2.18. The molecule has 1 aliphatic rings. The minimum absolute atomic E-state index is 0.0127. The van der Waals surface area contributed by atoms with Gasteiger partial charge >= 0.3 is 6.03 Å². The minimum atomic E-state index is -3.87. The summed E-state index contributed by atoms with van der Waals surface area (Å²) in [6, 6.07) is 13.8. The van der Waals surface area contributed by atoms with E-state index in [2.05, 4.69) is 20.0 Å². The first kappa shape index (κ1) is 22.5. The Labute approximate surface area is 195 Å². The van der Waals surface area contributed by atoms with Crippen LogP contribution < -0.4 is 14.9 Å². The maximum absolute atomic E-state index is 12.6. The Morgan fingerprint density at radius 1 is 1.00 bits per heavy atom. The van der Waals surface area contributed by atoms with Gasteiger partial charge in [-0.2, -0.15) is 0 Å². The Bertz CT molecular complexity index is 1250. The minimum Gasteiger partial charge on any atom is -0.325 e. The third-order valence-corrected chi connectivity index (χ3v) is 6.40. The van der Waals surface area contributed by atoms with Gasteiger partial charge in [0.05, 0.1) is 4.90 Å². The second-order valence-corrected chi connectivity index (χ2v) is 9.20. The zero-order chi connectivity index (χ0) is 23.4. The van der Waals surface area contributed by atoms with E-state index in [0.717, 1.165) is 0 Å². The molecule has 3 amide bonds. The summed E-state index contributed by atoms with van der Waals surface area (Å²) in [7, 11) is -3.87. The van der Waals surface area contributed by atoms with Crippen molar-refractivity contribution in [3.63, 3.8) is 0 Å². The molecule has 10 nitrogen and oxygen atoms in total. The molecule has 2 N–H and O–H groups in total. The monoisotopic (exact) mass is 486 g/mol. The van der Waals surface area contributed by atoms with Crippen molar-refractivity contribution in [1.82, 2.24) is 14.9 Å². The maximum atomic E-state index is 12.6. The van der Waals surface area contributed by atoms with E-state index in [1.165, 1.54) is 41.6 Å². The predicted octanol–water partition coefficient (Wildman–Crippen LogP) is 2.81. The van der Waals surface area contributed by atoms with Crippen LogP contribution in [0.1, 0.15) is 0 Å². The fourth-order valence-electron chi connectivity index (χ4n) is 3.21. The molecule has 0 atom stereocenters. The van der Waals surface area contributed by atoms with E-state index in [4.69, 9.17) is 11.6 Å². The van der Waals surface area contributed by atoms with Crippen LogP contribution in [0.25, 0.3) is 0 Å². The standard InChI is InChI=1S/C21H19ClN6O4S/c22-15-2-6-17(7-3-15)28-13-12-27(21(28)30)14-19(29)25-16-4-8-18(9-5-16)33(31,32)26-20-23-10-1-11-24-20/h1-11H,12-14H2,(H,25,29)(H,23,24,26). The number of anilines is 3. The fourth-order valence-corrected chi connectivity index (χ4v) is 4.30. The zero-order valence-electron chi connectivity index (χ0n) is 17.2. The number of hydrogen-bond acceptors (Lipinski definition) is 6. The number of nitrogens with zero attached hydrogens (tertiary/aromatic N) is 4. The van der Waals surface area contributed by atoms with Gasteiger partial charge in [0.15, 0.2) is 0 Å². The molecule has 12 heteroatoms. The van der Waals surface area contributed by atoms with Gasteiger partial charge in [0.2, 0.25) is 11.9 Å². The summed E-state index contributed by atoms with van der Waals surface area (Å²) in [5, 5.41) is 3.24. The van der Waals surface area contributed by atoms with E-state index in [9.17, 15) is 18.0 Å². The number of carbonyl (C=O) groups is 2. The summed E-state index contributed by atoms with van der Waals surface area (Å²) >= 11 is 5.89. The first-order valence-electron chi connectivity index (χ1n) is 9.83. The Balaban J connectivity index is 1.34. The number of sulfonamides is 1. The van der Waals surface area contributed by atoms with Crippen molar-refractivity contribution in [2.24, 2.45) is 0 Å². The van der Waals surface area contributed by atoms with E-state index in [0.29, 0.717) is 29.5 Å². The van der Waals surface area contributed by atoms with Gasteiger partial charge in [-0.1, -0.05) is 11.6 Å². The van der Waals surface area contributed by atoms with Crippen LogP contribution >= 0.6 is 11.6 Å². The molecule has 1 aromatic heterocycles. The van der Waals surface area contributed by atoms with Gasteiger partial charge in [0.25, 0.3) is 10.0 Å². The molecule has 4 rings (SSSR count). The van der Waals surface area contributed by atoms with Crippen molar-refractivity contribution >= 4 is 50.9 Å². The lowest BCUT2D eigenvalue weighted by molar-refractivity contribution is -0.116. The van der Waals surface area contributed by atoms with Crippen LogP contribution in [0.4, 0.5) is 22.1 Å². The topological polar surface area (TPSA) is 125 Å². The molecule has 1 aliphatic heterocycles. The number of hydrogen-bond donors (Lipinski definition) is 2. The number of urea groups is 1. The smallest absolute Gasteiger partial charge is 0.325 e. The molecule has 0 radical (unpaired) electrons. The molecule has 33 heavy (non-hydrogen) atoms. The molecule has 2 heterocycles. The molecule has 0 aliphatic carbocycles. The van der Waals surface area contributed by atoms with Crippen LogP contribution in [0.5, 0.6) is 0 Å². The third kappa shape index (κ3) is 5.38. The van der Waals surface area contributed by atoms with Crippen LogP contribution in [-0.2, 0) is 14.8 Å². The molecule has 0 bridgehead atoms. The number of carbonyl (C=O) groups excluding carboxylic acids is 2. The first-order valence-corrected chi connectivity index (χ1v) is 11.7. The van der Waals surface area contributed by atoms with Gasteiger partial charge in [-0.15, -0.1) is 0 Å². The summed E-state index contributed by atoms with van der Waals surface area (Å²) < 4.78 is 27.1. The Morgan fingerprint density at radius 2 is 1.67 bits per heavy atom. The van der Waals surface area contributed by atoms with Crippen LogP contribution in [0.3, 0.4) is 0 Å². The van der Waals surface area contributed by atoms with E-state index in [-0.39, 0.29) is 23.4 Å². The van der Waals surface area contributed by atoms with E-state index < -0.39 is 15.9 Å². The number of amides is 3. The number of aromatic nitrogens is 2. The number of nitrogens with one attached hydrogen (secondary N) is 2. The summed E-state index contributed by atoms with van der Waals surface area (Å²) in [6.45, 7) is 0.730. The highest BCUT2D eigenvalue weighted by Crippen LogP contribution is 2.22. The molecule has 170 valence electrons. The summed E-state index contributed by atoms with van der Waals surface area (Å²) in [4.78, 5) is 35.7. The van der Waals surface area contributed by atoms with Crippen LogP contribution in [0.15, 0.2) is 71.9 Å². The van der Waals surface area contributed by atoms with Crippen LogP contribution in [-0.4, -0.2) is 54.9 Å². The van der Waals surface area contributed by atoms with E-state index >= 15 is 0 Å². The van der Waals surface area contributed by atoms with Crippen LogP contribution in [0, 0.1) is 0 Å². The number of halogens is 1.